The van der Waals surface area contributed by atoms with E-state index in [4.69, 9.17) is 0 Å². The zero-order valence-electron chi connectivity index (χ0n) is 19.9. The van der Waals surface area contributed by atoms with Gasteiger partial charge in [-0.2, -0.15) is 0 Å². The Kier molecular flexibility index (Phi) is 4.40. The van der Waals surface area contributed by atoms with Crippen molar-refractivity contribution in [3.05, 3.63) is 132 Å². The zero-order valence-corrected chi connectivity index (χ0v) is 21.5. The van der Waals surface area contributed by atoms with Crippen molar-refractivity contribution in [1.82, 2.24) is 9.13 Å². The van der Waals surface area contributed by atoms with Crippen molar-refractivity contribution in [3.8, 4) is 11.4 Å². The third kappa shape index (κ3) is 2.92. The average molecular weight is 537 g/mol. The monoisotopic (exact) mass is 536 g/mol. The van der Waals surface area contributed by atoms with E-state index >= 15 is 0 Å². The van der Waals surface area contributed by atoms with Gasteiger partial charge >= 0.3 is 0 Å². The molecule has 0 N–H and O–H groups in total. The molecule has 174 valence electrons. The molecule has 0 radical (unpaired) electrons. The minimum atomic E-state index is 1.07. The molecule has 0 atom stereocenters. The number of hydrogen-bond acceptors (Lipinski definition) is 0. The van der Waals surface area contributed by atoms with Crippen LogP contribution in [0.3, 0.4) is 0 Å². The van der Waals surface area contributed by atoms with Crippen LogP contribution in [-0.2, 0) is 0 Å². The maximum atomic E-state index is 4.08. The Morgan fingerprint density at radius 2 is 0.811 bits per heavy atom. The van der Waals surface area contributed by atoms with Crippen molar-refractivity contribution in [2.24, 2.45) is 0 Å². The van der Waals surface area contributed by atoms with Crippen LogP contribution in [0.4, 0.5) is 0 Å². The molecule has 8 aromatic rings. The number of hydrogen-bond donors (Lipinski definition) is 0. The lowest BCUT2D eigenvalue weighted by Gasteiger charge is -2.16. The van der Waals surface area contributed by atoms with Crippen molar-refractivity contribution in [3.63, 3.8) is 0 Å². The summed E-state index contributed by atoms with van der Waals surface area (Å²) in [6, 6.07) is 45.9. The lowest BCUT2D eigenvalue weighted by molar-refractivity contribution is 1.12. The van der Waals surface area contributed by atoms with Crippen molar-refractivity contribution in [1.29, 1.82) is 0 Å². The summed E-state index contributed by atoms with van der Waals surface area (Å²) in [5.74, 6) is 0. The highest BCUT2D eigenvalue weighted by molar-refractivity contribution is 9.10. The van der Waals surface area contributed by atoms with Gasteiger partial charge in [-0.3, -0.25) is 0 Å². The molecule has 2 heterocycles. The van der Waals surface area contributed by atoms with Gasteiger partial charge in [0.15, 0.2) is 0 Å². The first-order valence-corrected chi connectivity index (χ1v) is 13.3. The van der Waals surface area contributed by atoms with Gasteiger partial charge in [-0.25, -0.2) is 0 Å². The van der Waals surface area contributed by atoms with Gasteiger partial charge in [-0.1, -0.05) is 84.9 Å². The molecule has 0 saturated carbocycles. The molecule has 0 aliphatic heterocycles. The number of fused-ring (bicyclic) bond motifs is 7. The van der Waals surface area contributed by atoms with Gasteiger partial charge in [0, 0.05) is 21.5 Å². The van der Waals surface area contributed by atoms with E-state index in [9.17, 15) is 0 Å². The van der Waals surface area contributed by atoms with E-state index in [1.54, 1.807) is 0 Å². The largest absolute Gasteiger partial charge is 0.308 e. The van der Waals surface area contributed by atoms with E-state index in [1.807, 2.05) is 0 Å². The molecular weight excluding hydrogens is 516 g/mol. The fraction of sp³-hybridized carbons (Fsp3) is 0. The molecule has 37 heavy (non-hydrogen) atoms. The summed E-state index contributed by atoms with van der Waals surface area (Å²) in [4.78, 5) is 0. The Hall–Kier alpha value is -4.34. The van der Waals surface area contributed by atoms with Gasteiger partial charge in [0.2, 0.25) is 0 Å². The Labute approximate surface area is 222 Å². The Bertz CT molecular complexity index is 2110. The Morgan fingerprint density at radius 3 is 1.38 bits per heavy atom. The topological polar surface area (TPSA) is 9.86 Å². The molecule has 0 unspecified atom stereocenters. The number of para-hydroxylation sites is 3. The van der Waals surface area contributed by atoms with E-state index in [2.05, 4.69) is 152 Å². The van der Waals surface area contributed by atoms with Crippen LogP contribution in [0.25, 0.3) is 65.8 Å². The van der Waals surface area contributed by atoms with Gasteiger partial charge in [-0.15, -0.1) is 0 Å². The summed E-state index contributed by atoms with van der Waals surface area (Å²) in [6.45, 7) is 0. The van der Waals surface area contributed by atoms with Crippen molar-refractivity contribution in [2.45, 2.75) is 0 Å². The summed E-state index contributed by atoms with van der Waals surface area (Å²) < 4.78 is 5.84. The highest BCUT2D eigenvalue weighted by Crippen LogP contribution is 2.40. The van der Waals surface area contributed by atoms with Gasteiger partial charge in [0.25, 0.3) is 0 Å². The number of aromatic nitrogens is 2. The number of rotatable bonds is 2. The van der Waals surface area contributed by atoms with E-state index < -0.39 is 0 Å². The zero-order chi connectivity index (χ0) is 24.5. The van der Waals surface area contributed by atoms with E-state index in [0.717, 1.165) is 15.8 Å². The number of halogens is 1. The van der Waals surface area contributed by atoms with Crippen LogP contribution in [0.2, 0.25) is 0 Å². The summed E-state index contributed by atoms with van der Waals surface area (Å²) in [6.07, 6.45) is 0. The first-order chi connectivity index (χ1) is 18.3. The molecule has 3 heteroatoms. The Morgan fingerprint density at radius 1 is 0.378 bits per heavy atom. The molecular formula is C34H21BrN2. The van der Waals surface area contributed by atoms with Gasteiger partial charge in [0.05, 0.1) is 37.9 Å². The maximum absolute atomic E-state index is 4.08. The average Bonchev–Trinajstić information content (AvgIpc) is 3.45. The van der Waals surface area contributed by atoms with Crippen LogP contribution >= 0.6 is 15.9 Å². The summed E-state index contributed by atoms with van der Waals surface area (Å²) >= 11 is 4.08. The highest BCUT2D eigenvalue weighted by atomic mass is 79.9. The Balaban J connectivity index is 1.49. The highest BCUT2D eigenvalue weighted by Gasteiger charge is 2.19. The lowest BCUT2D eigenvalue weighted by Crippen LogP contribution is -2.01. The molecule has 0 saturated heterocycles. The smallest absolute Gasteiger partial charge is 0.0656 e. The molecule has 2 nitrogen and oxygen atoms in total. The molecule has 2 aromatic heterocycles. The second-order valence-corrected chi connectivity index (χ2v) is 10.3. The minimum Gasteiger partial charge on any atom is -0.308 e. The quantitative estimate of drug-likeness (QED) is 0.208. The number of nitrogens with zero attached hydrogens (tertiary/aromatic N) is 2. The van der Waals surface area contributed by atoms with Crippen LogP contribution in [-0.4, -0.2) is 9.13 Å². The molecule has 0 bridgehead atoms. The van der Waals surface area contributed by atoms with Crippen molar-refractivity contribution in [2.75, 3.05) is 0 Å². The molecule has 8 rings (SSSR count). The van der Waals surface area contributed by atoms with Gasteiger partial charge in [0.1, 0.15) is 0 Å². The lowest BCUT2D eigenvalue weighted by atomic mass is 10.1. The van der Waals surface area contributed by atoms with Crippen molar-refractivity contribution >= 4 is 70.3 Å². The van der Waals surface area contributed by atoms with Crippen LogP contribution < -0.4 is 0 Å². The first-order valence-electron chi connectivity index (χ1n) is 12.5. The minimum absolute atomic E-state index is 1.07. The summed E-state index contributed by atoms with van der Waals surface area (Å²) in [5.41, 5.74) is 7.07. The molecule has 6 aromatic carbocycles. The normalized spacial score (nSPS) is 11.9. The van der Waals surface area contributed by atoms with Crippen molar-refractivity contribution < 1.29 is 0 Å². The summed E-state index contributed by atoms with van der Waals surface area (Å²) in [7, 11) is 0. The molecule has 0 spiro atoms. The SMILES string of the molecule is Brc1c(-n2c3ccccc3c3ccccc32)cccc1-n1c2ccccc2c2cc3ccccc3cc21. The predicted molar refractivity (Wildman–Crippen MR) is 160 cm³/mol. The molecule has 0 fully saturated rings. The van der Waals surface area contributed by atoms with Gasteiger partial charge in [-0.05, 0) is 69.2 Å². The maximum Gasteiger partial charge on any atom is 0.0656 e. The molecule has 0 aliphatic carbocycles. The third-order valence-electron chi connectivity index (χ3n) is 7.56. The van der Waals surface area contributed by atoms with Crippen LogP contribution in [0.5, 0.6) is 0 Å². The molecule has 0 aliphatic rings. The van der Waals surface area contributed by atoms with Crippen LogP contribution in [0.15, 0.2) is 132 Å². The second kappa shape index (κ2) is 7.83. The number of benzene rings is 6. The fourth-order valence-corrected chi connectivity index (χ4v) is 6.57. The standard InChI is InChI=1S/C34H21BrN2/c35-34-31(36-28-15-6-3-12-24(28)25-13-4-7-16-29(25)36)18-9-19-32(34)37-30-17-8-5-14-26(30)27-20-22-10-1-2-11-23(22)21-33(27)37/h1-21H. The third-order valence-corrected chi connectivity index (χ3v) is 8.37. The van der Waals surface area contributed by atoms with Gasteiger partial charge < -0.3 is 9.13 Å². The summed E-state index contributed by atoms with van der Waals surface area (Å²) in [5, 5.41) is 7.56. The van der Waals surface area contributed by atoms with E-state index in [1.165, 1.54) is 54.4 Å². The van der Waals surface area contributed by atoms with Crippen LogP contribution in [0.1, 0.15) is 0 Å². The van der Waals surface area contributed by atoms with E-state index in [0.29, 0.717) is 0 Å². The second-order valence-electron chi connectivity index (χ2n) is 9.55. The fourth-order valence-electron chi connectivity index (χ4n) is 5.95. The molecule has 0 amide bonds. The van der Waals surface area contributed by atoms with Crippen LogP contribution in [0, 0.1) is 0 Å². The van der Waals surface area contributed by atoms with E-state index in [-0.39, 0.29) is 0 Å². The first kappa shape index (κ1) is 20.8. The predicted octanol–water partition coefficient (Wildman–Crippen LogP) is 9.80.